The number of nitrogens with one attached hydrogen (secondary N) is 1. The fourth-order valence-electron chi connectivity index (χ4n) is 3.76. The first-order chi connectivity index (χ1) is 12.0. The molecule has 2 aliphatic rings. The molecule has 0 bridgehead atoms. The zero-order valence-corrected chi connectivity index (χ0v) is 16.2. The van der Waals surface area contributed by atoms with Gasteiger partial charge in [-0.25, -0.2) is 0 Å². The fourth-order valence-corrected chi connectivity index (χ4v) is 4.27. The van der Waals surface area contributed by atoms with E-state index in [0.717, 1.165) is 45.3 Å². The summed E-state index contributed by atoms with van der Waals surface area (Å²) in [5.41, 5.74) is 0. The smallest absolute Gasteiger partial charge is 0.225 e. The third kappa shape index (κ3) is 5.25. The van der Waals surface area contributed by atoms with Gasteiger partial charge in [-0.15, -0.1) is 0 Å². The number of carbonyl (C=O) groups excluding carboxylic acids is 1. The second kappa shape index (κ2) is 8.61. The van der Waals surface area contributed by atoms with Gasteiger partial charge in [0.05, 0.1) is 6.61 Å². The van der Waals surface area contributed by atoms with Gasteiger partial charge >= 0.3 is 0 Å². The fraction of sp³-hybridized carbons (Fsp3) is 0.632. The normalized spacial score (nSPS) is 25.0. The minimum atomic E-state index is 0.192. The maximum atomic E-state index is 12.7. The number of piperidine rings is 2. The molecule has 0 radical (unpaired) electrons. The summed E-state index contributed by atoms with van der Waals surface area (Å²) in [6, 6.07) is 5.70. The van der Waals surface area contributed by atoms with Crippen molar-refractivity contribution in [1.82, 2.24) is 10.2 Å². The topological polar surface area (TPSA) is 41.6 Å². The Morgan fingerprint density at radius 1 is 1.20 bits per heavy atom. The lowest BCUT2D eigenvalue weighted by molar-refractivity contribution is -0.138. The van der Waals surface area contributed by atoms with Gasteiger partial charge in [-0.05, 0) is 63.3 Å². The Balaban J connectivity index is 1.44. The molecule has 2 fully saturated rings. The van der Waals surface area contributed by atoms with E-state index in [9.17, 15) is 4.79 Å². The van der Waals surface area contributed by atoms with E-state index in [1.165, 1.54) is 0 Å². The molecule has 2 heterocycles. The van der Waals surface area contributed by atoms with Crippen molar-refractivity contribution in [3.63, 3.8) is 0 Å². The Morgan fingerprint density at radius 2 is 1.88 bits per heavy atom. The molecule has 2 aliphatic heterocycles. The number of carbonyl (C=O) groups is 1. The number of nitrogens with zero attached hydrogens (tertiary/aromatic N) is 1. The summed E-state index contributed by atoms with van der Waals surface area (Å²) in [6.45, 7) is 5.42. The lowest BCUT2D eigenvalue weighted by Gasteiger charge is -2.36. The van der Waals surface area contributed by atoms with E-state index in [1.807, 2.05) is 0 Å². The molecule has 138 valence electrons. The summed E-state index contributed by atoms with van der Waals surface area (Å²) in [6.07, 6.45) is 3.89. The number of rotatable bonds is 4. The molecule has 0 aliphatic carbocycles. The van der Waals surface area contributed by atoms with Gasteiger partial charge in [-0.2, -0.15) is 0 Å². The molecule has 2 saturated heterocycles. The predicted octanol–water partition coefficient (Wildman–Crippen LogP) is 4.00. The van der Waals surface area contributed by atoms with E-state index in [1.54, 1.807) is 18.2 Å². The van der Waals surface area contributed by atoms with Crippen LogP contribution in [0.15, 0.2) is 18.2 Å². The van der Waals surface area contributed by atoms with Crippen molar-refractivity contribution in [1.29, 1.82) is 0 Å². The van der Waals surface area contributed by atoms with Crippen LogP contribution < -0.4 is 10.1 Å². The van der Waals surface area contributed by atoms with Crippen molar-refractivity contribution in [2.75, 3.05) is 26.2 Å². The number of amides is 1. The van der Waals surface area contributed by atoms with Crippen molar-refractivity contribution >= 4 is 29.1 Å². The number of ether oxygens (including phenoxy) is 1. The molecule has 0 aromatic heterocycles. The lowest BCUT2D eigenvalue weighted by atomic mass is 9.90. The minimum absolute atomic E-state index is 0.192. The first kappa shape index (κ1) is 18.8. The standard InChI is InChI=1S/C19H26Cl2N2O2/c1-13-8-15(2-5-22-13)19(24)23-6-3-14(4-7-23)12-25-18-10-16(20)9-17(21)11-18/h9-11,13-15,22H,2-8,12H2,1H3/t13-,15-/m0/s1. The Bertz CT molecular complexity index is 583. The summed E-state index contributed by atoms with van der Waals surface area (Å²) < 4.78 is 5.85. The number of hydrogen-bond acceptors (Lipinski definition) is 3. The Labute approximate surface area is 159 Å². The highest BCUT2D eigenvalue weighted by molar-refractivity contribution is 6.34. The number of likely N-dealkylation sites (tertiary alicyclic amines) is 1. The third-order valence-electron chi connectivity index (χ3n) is 5.22. The van der Waals surface area contributed by atoms with Gasteiger partial charge in [-0.3, -0.25) is 4.79 Å². The summed E-state index contributed by atoms with van der Waals surface area (Å²) in [5, 5.41) is 4.58. The second-order valence-electron chi connectivity index (χ2n) is 7.26. The molecule has 6 heteroatoms. The van der Waals surface area contributed by atoms with Gasteiger partial charge < -0.3 is 15.0 Å². The summed E-state index contributed by atoms with van der Waals surface area (Å²) in [5.74, 6) is 1.71. The second-order valence-corrected chi connectivity index (χ2v) is 8.13. The van der Waals surface area contributed by atoms with E-state index in [2.05, 4.69) is 17.1 Å². The number of hydrogen-bond donors (Lipinski definition) is 1. The average molecular weight is 385 g/mol. The van der Waals surface area contributed by atoms with Crippen molar-refractivity contribution in [2.45, 2.75) is 38.6 Å². The summed E-state index contributed by atoms with van der Waals surface area (Å²) in [7, 11) is 0. The first-order valence-electron chi connectivity index (χ1n) is 9.12. The zero-order chi connectivity index (χ0) is 17.8. The first-order valence-corrected chi connectivity index (χ1v) is 9.88. The van der Waals surface area contributed by atoms with Crippen LogP contribution in [-0.4, -0.2) is 43.1 Å². The van der Waals surface area contributed by atoms with Crippen LogP contribution in [-0.2, 0) is 4.79 Å². The molecule has 1 aromatic carbocycles. The molecule has 25 heavy (non-hydrogen) atoms. The minimum Gasteiger partial charge on any atom is -0.493 e. The number of halogens is 2. The van der Waals surface area contributed by atoms with Crippen molar-refractivity contribution in [3.8, 4) is 5.75 Å². The average Bonchev–Trinajstić information content (AvgIpc) is 2.59. The van der Waals surface area contributed by atoms with Crippen LogP contribution in [0.5, 0.6) is 5.75 Å². The SMILES string of the molecule is C[C@H]1C[C@@H](C(=O)N2CCC(COc3cc(Cl)cc(Cl)c3)CC2)CCN1. The molecule has 1 N–H and O–H groups in total. The maximum Gasteiger partial charge on any atom is 0.225 e. The van der Waals surface area contributed by atoms with Crippen LogP contribution in [0.1, 0.15) is 32.6 Å². The molecule has 4 nitrogen and oxygen atoms in total. The van der Waals surface area contributed by atoms with Crippen LogP contribution >= 0.6 is 23.2 Å². The van der Waals surface area contributed by atoms with E-state index in [0.29, 0.717) is 40.3 Å². The highest BCUT2D eigenvalue weighted by Crippen LogP contribution is 2.27. The molecule has 2 atom stereocenters. The van der Waals surface area contributed by atoms with Crippen molar-refractivity contribution < 1.29 is 9.53 Å². The summed E-state index contributed by atoms with van der Waals surface area (Å²) >= 11 is 12.0. The quantitative estimate of drug-likeness (QED) is 0.852. The highest BCUT2D eigenvalue weighted by atomic mass is 35.5. The van der Waals surface area contributed by atoms with Gasteiger partial charge in [0.25, 0.3) is 0 Å². The summed E-state index contributed by atoms with van der Waals surface area (Å²) in [4.78, 5) is 14.7. The molecular weight excluding hydrogens is 359 g/mol. The van der Waals surface area contributed by atoms with Gasteiger partial charge in [0, 0.05) is 35.1 Å². The Morgan fingerprint density at radius 3 is 2.52 bits per heavy atom. The van der Waals surface area contributed by atoms with Crippen LogP contribution in [0, 0.1) is 11.8 Å². The van der Waals surface area contributed by atoms with Crippen molar-refractivity contribution in [2.24, 2.45) is 11.8 Å². The van der Waals surface area contributed by atoms with Gasteiger partial charge in [0.1, 0.15) is 5.75 Å². The van der Waals surface area contributed by atoms with Gasteiger partial charge in [-0.1, -0.05) is 23.2 Å². The van der Waals surface area contributed by atoms with Crippen LogP contribution in [0.4, 0.5) is 0 Å². The molecule has 3 rings (SSSR count). The van der Waals surface area contributed by atoms with Gasteiger partial charge in [0.2, 0.25) is 5.91 Å². The zero-order valence-electron chi connectivity index (χ0n) is 14.6. The maximum absolute atomic E-state index is 12.7. The van der Waals surface area contributed by atoms with Gasteiger partial charge in [0.15, 0.2) is 0 Å². The largest absolute Gasteiger partial charge is 0.493 e. The predicted molar refractivity (Wildman–Crippen MR) is 101 cm³/mol. The number of benzene rings is 1. The molecule has 0 spiro atoms. The molecular formula is C19H26Cl2N2O2. The Kier molecular flexibility index (Phi) is 6.48. The van der Waals surface area contributed by atoms with E-state index < -0.39 is 0 Å². The van der Waals surface area contributed by atoms with Crippen LogP contribution in [0.25, 0.3) is 0 Å². The molecule has 0 saturated carbocycles. The van der Waals surface area contributed by atoms with Crippen LogP contribution in [0.3, 0.4) is 0 Å². The van der Waals surface area contributed by atoms with E-state index in [4.69, 9.17) is 27.9 Å². The molecule has 1 amide bonds. The highest BCUT2D eigenvalue weighted by Gasteiger charge is 2.31. The lowest BCUT2D eigenvalue weighted by Crippen LogP contribution is -2.47. The van der Waals surface area contributed by atoms with Crippen LogP contribution in [0.2, 0.25) is 10.0 Å². The van der Waals surface area contributed by atoms with E-state index in [-0.39, 0.29) is 5.92 Å². The third-order valence-corrected chi connectivity index (χ3v) is 5.66. The van der Waals surface area contributed by atoms with E-state index >= 15 is 0 Å². The monoisotopic (exact) mass is 384 g/mol. The van der Waals surface area contributed by atoms with Crippen molar-refractivity contribution in [3.05, 3.63) is 28.2 Å². The molecule has 1 aromatic rings. The molecule has 0 unspecified atom stereocenters. The Hall–Kier alpha value is -0.970.